The fraction of sp³-hybridized carbons (Fsp3) is 0.161. The molecule has 0 saturated heterocycles. The number of carbonyl (C=O) groups excluding carboxylic acids is 1. The summed E-state index contributed by atoms with van der Waals surface area (Å²) in [5, 5.41) is 10.7. The van der Waals surface area contributed by atoms with Gasteiger partial charge in [-0.25, -0.2) is 9.50 Å². The van der Waals surface area contributed by atoms with Crippen LogP contribution in [0.3, 0.4) is 0 Å². The van der Waals surface area contributed by atoms with Crippen LogP contribution in [0.4, 0.5) is 5.82 Å². The second-order valence-electron chi connectivity index (χ2n) is 10.1. The third-order valence-corrected chi connectivity index (χ3v) is 7.51. The molecule has 0 unspecified atom stereocenters. The molecular formula is C31H27N7O. The number of carbonyl (C=O) groups is 1. The van der Waals surface area contributed by atoms with E-state index in [9.17, 15) is 4.79 Å². The first-order valence-electron chi connectivity index (χ1n) is 13.1. The highest BCUT2D eigenvalue weighted by molar-refractivity contribution is 5.92. The molecule has 0 bridgehead atoms. The van der Waals surface area contributed by atoms with Crippen molar-refractivity contribution in [2.24, 2.45) is 0 Å². The van der Waals surface area contributed by atoms with Crippen LogP contribution >= 0.6 is 0 Å². The van der Waals surface area contributed by atoms with Crippen LogP contribution in [0.5, 0.6) is 0 Å². The normalized spacial score (nSPS) is 13.2. The Morgan fingerprint density at radius 2 is 1.79 bits per heavy atom. The Bertz CT molecular complexity index is 1870. The first kappa shape index (κ1) is 23.2. The number of fused-ring (bicyclic) bond motifs is 3. The molecule has 8 nitrogen and oxygen atoms in total. The maximum Gasteiger partial charge on any atom is 0.219 e. The summed E-state index contributed by atoms with van der Waals surface area (Å²) in [6, 6.07) is 24.8. The molecule has 2 N–H and O–H groups in total. The number of nitrogen functional groups attached to an aromatic ring is 1. The SMILES string of the molecule is CC(=O)N1CCc2ccc(-c3nc(N)c4c(-c5ccc6cn(Cc7ccccc7)nc6c5)ccn4n3)cc2C1. The van der Waals surface area contributed by atoms with Crippen molar-refractivity contribution in [3.8, 4) is 22.5 Å². The molecule has 8 heteroatoms. The fourth-order valence-corrected chi connectivity index (χ4v) is 5.46. The molecule has 3 aromatic carbocycles. The van der Waals surface area contributed by atoms with Crippen molar-refractivity contribution in [1.29, 1.82) is 0 Å². The van der Waals surface area contributed by atoms with Crippen molar-refractivity contribution >= 4 is 28.1 Å². The molecule has 1 aliphatic heterocycles. The molecule has 192 valence electrons. The maximum atomic E-state index is 11.9. The molecular weight excluding hydrogens is 486 g/mol. The molecule has 3 aromatic heterocycles. The lowest BCUT2D eigenvalue weighted by molar-refractivity contribution is -0.129. The van der Waals surface area contributed by atoms with E-state index < -0.39 is 0 Å². The number of rotatable bonds is 4. The van der Waals surface area contributed by atoms with Crippen molar-refractivity contribution in [2.45, 2.75) is 26.4 Å². The van der Waals surface area contributed by atoms with Crippen molar-refractivity contribution in [2.75, 3.05) is 12.3 Å². The minimum Gasteiger partial charge on any atom is -0.382 e. The van der Waals surface area contributed by atoms with Gasteiger partial charge in [-0.15, -0.1) is 5.10 Å². The Labute approximate surface area is 225 Å². The van der Waals surface area contributed by atoms with Crippen molar-refractivity contribution < 1.29 is 4.79 Å². The fourth-order valence-electron chi connectivity index (χ4n) is 5.46. The van der Waals surface area contributed by atoms with E-state index in [0.717, 1.165) is 58.2 Å². The zero-order valence-electron chi connectivity index (χ0n) is 21.6. The molecule has 0 spiro atoms. The molecule has 4 heterocycles. The van der Waals surface area contributed by atoms with Crippen LogP contribution in [-0.4, -0.2) is 41.7 Å². The van der Waals surface area contributed by atoms with E-state index in [2.05, 4.69) is 48.7 Å². The van der Waals surface area contributed by atoms with Gasteiger partial charge in [0, 0.05) is 48.9 Å². The summed E-state index contributed by atoms with van der Waals surface area (Å²) in [4.78, 5) is 18.5. The molecule has 0 fully saturated rings. The van der Waals surface area contributed by atoms with Crippen LogP contribution in [0.1, 0.15) is 23.6 Å². The lowest BCUT2D eigenvalue weighted by Crippen LogP contribution is -2.34. The zero-order valence-corrected chi connectivity index (χ0v) is 21.6. The lowest BCUT2D eigenvalue weighted by Gasteiger charge is -2.28. The molecule has 1 aliphatic rings. The monoisotopic (exact) mass is 513 g/mol. The van der Waals surface area contributed by atoms with Crippen molar-refractivity contribution in [3.63, 3.8) is 0 Å². The second-order valence-corrected chi connectivity index (χ2v) is 10.1. The van der Waals surface area contributed by atoms with Gasteiger partial charge in [-0.05, 0) is 46.9 Å². The van der Waals surface area contributed by atoms with Gasteiger partial charge in [0.15, 0.2) is 11.6 Å². The van der Waals surface area contributed by atoms with Gasteiger partial charge in [0.05, 0.1) is 12.1 Å². The van der Waals surface area contributed by atoms with E-state index in [1.54, 1.807) is 11.4 Å². The van der Waals surface area contributed by atoms with E-state index in [0.29, 0.717) is 18.2 Å². The number of hydrogen-bond donors (Lipinski definition) is 1. The summed E-state index contributed by atoms with van der Waals surface area (Å²) >= 11 is 0. The average molecular weight is 514 g/mol. The van der Waals surface area contributed by atoms with Gasteiger partial charge in [-0.3, -0.25) is 9.48 Å². The van der Waals surface area contributed by atoms with Crippen molar-refractivity contribution in [3.05, 3.63) is 102 Å². The molecule has 7 rings (SSSR count). The van der Waals surface area contributed by atoms with Crippen LogP contribution in [0, 0.1) is 0 Å². The number of nitrogens with two attached hydrogens (primary N) is 1. The highest BCUT2D eigenvalue weighted by Gasteiger charge is 2.20. The van der Waals surface area contributed by atoms with E-state index in [-0.39, 0.29) is 5.91 Å². The Morgan fingerprint density at radius 3 is 2.64 bits per heavy atom. The summed E-state index contributed by atoms with van der Waals surface area (Å²) in [6.45, 7) is 3.69. The third-order valence-electron chi connectivity index (χ3n) is 7.51. The topological polar surface area (TPSA) is 94.3 Å². The number of benzene rings is 3. The first-order chi connectivity index (χ1) is 19.0. The first-order valence-corrected chi connectivity index (χ1v) is 13.1. The molecule has 0 saturated carbocycles. The highest BCUT2D eigenvalue weighted by atomic mass is 16.2. The van der Waals surface area contributed by atoms with Crippen LogP contribution in [0.2, 0.25) is 0 Å². The lowest BCUT2D eigenvalue weighted by atomic mass is 9.97. The average Bonchev–Trinajstić information content (AvgIpc) is 3.56. The maximum absolute atomic E-state index is 11.9. The summed E-state index contributed by atoms with van der Waals surface area (Å²) in [7, 11) is 0. The summed E-state index contributed by atoms with van der Waals surface area (Å²) in [6.07, 6.45) is 4.84. The van der Waals surface area contributed by atoms with Crippen LogP contribution in [-0.2, 0) is 24.3 Å². The molecule has 1 amide bonds. The van der Waals surface area contributed by atoms with Gasteiger partial charge in [-0.2, -0.15) is 5.10 Å². The number of anilines is 1. The van der Waals surface area contributed by atoms with Gasteiger partial charge in [0.2, 0.25) is 5.91 Å². The smallest absolute Gasteiger partial charge is 0.219 e. The number of amides is 1. The Morgan fingerprint density at radius 1 is 0.949 bits per heavy atom. The minimum absolute atomic E-state index is 0.0917. The Hall–Kier alpha value is -4.98. The van der Waals surface area contributed by atoms with Gasteiger partial charge >= 0.3 is 0 Å². The summed E-state index contributed by atoms with van der Waals surface area (Å²) in [5.74, 6) is 1.06. The third kappa shape index (κ3) is 4.20. The Balaban J connectivity index is 1.22. The summed E-state index contributed by atoms with van der Waals surface area (Å²) in [5.41, 5.74) is 14.7. The molecule has 39 heavy (non-hydrogen) atoms. The molecule has 0 radical (unpaired) electrons. The van der Waals surface area contributed by atoms with Crippen molar-refractivity contribution in [1.82, 2.24) is 29.3 Å². The highest BCUT2D eigenvalue weighted by Crippen LogP contribution is 2.32. The minimum atomic E-state index is 0.0917. The number of aromatic nitrogens is 5. The largest absolute Gasteiger partial charge is 0.382 e. The van der Waals surface area contributed by atoms with Gasteiger partial charge in [-0.1, -0.05) is 54.6 Å². The van der Waals surface area contributed by atoms with E-state index in [1.807, 2.05) is 46.1 Å². The predicted molar refractivity (Wildman–Crippen MR) is 152 cm³/mol. The van der Waals surface area contributed by atoms with E-state index in [4.69, 9.17) is 20.9 Å². The van der Waals surface area contributed by atoms with Gasteiger partial charge in [0.1, 0.15) is 5.52 Å². The standard InChI is InChI=1S/C31H27N7O/c1-20(39)36-13-11-22-7-9-24(15-26(22)18-36)31-33-30(32)29-27(12-14-38(29)35-31)23-8-10-25-19-37(34-28(25)16-23)17-21-5-3-2-4-6-21/h2-10,12,14-16,19H,11,13,17-18H2,1H3,(H2,32,33,35). The van der Waals surface area contributed by atoms with Gasteiger partial charge in [0.25, 0.3) is 0 Å². The molecule has 0 atom stereocenters. The zero-order chi connectivity index (χ0) is 26.5. The summed E-state index contributed by atoms with van der Waals surface area (Å²) < 4.78 is 3.77. The predicted octanol–water partition coefficient (Wildman–Crippen LogP) is 4.95. The number of nitrogens with zero attached hydrogens (tertiary/aromatic N) is 6. The molecule has 0 aliphatic carbocycles. The molecule has 6 aromatic rings. The van der Waals surface area contributed by atoms with Crippen LogP contribution in [0.15, 0.2) is 85.2 Å². The van der Waals surface area contributed by atoms with Crippen LogP contribution < -0.4 is 5.73 Å². The number of hydrogen-bond acceptors (Lipinski definition) is 5. The van der Waals surface area contributed by atoms with E-state index >= 15 is 0 Å². The van der Waals surface area contributed by atoms with E-state index in [1.165, 1.54) is 11.1 Å². The quantitative estimate of drug-likeness (QED) is 0.360. The Kier molecular flexibility index (Phi) is 5.40. The second kappa shape index (κ2) is 9.09. The van der Waals surface area contributed by atoms with Crippen LogP contribution in [0.25, 0.3) is 38.9 Å². The van der Waals surface area contributed by atoms with Gasteiger partial charge < -0.3 is 10.6 Å².